The minimum atomic E-state index is 0.276. The van der Waals surface area contributed by atoms with E-state index in [9.17, 15) is 0 Å². The molecule has 4 heteroatoms. The molecule has 0 saturated carbocycles. The fraction of sp³-hybridized carbons (Fsp3) is 0.625. The average Bonchev–Trinajstić information content (AvgIpc) is 2.50. The maximum atomic E-state index is 8.99. The quantitative estimate of drug-likeness (QED) is 0.753. The lowest BCUT2D eigenvalue weighted by Crippen LogP contribution is -2.21. The number of benzene rings is 1. The van der Waals surface area contributed by atoms with Gasteiger partial charge in [0.1, 0.15) is 13.2 Å². The van der Waals surface area contributed by atoms with E-state index < -0.39 is 0 Å². The molecule has 0 aliphatic carbocycles. The lowest BCUT2D eigenvalue weighted by molar-refractivity contribution is 0.171. The Balaban J connectivity index is 1.81. The minimum Gasteiger partial charge on any atom is -0.486 e. The second kappa shape index (κ2) is 7.50. The summed E-state index contributed by atoms with van der Waals surface area (Å²) < 4.78 is 11.1. The molecule has 1 aromatic rings. The van der Waals surface area contributed by atoms with E-state index in [1.165, 1.54) is 5.56 Å². The molecule has 1 aromatic carbocycles. The number of ether oxygens (including phenoxy) is 2. The Labute approximate surface area is 121 Å². The first-order valence-electron chi connectivity index (χ1n) is 7.44. The first-order chi connectivity index (χ1) is 9.70. The summed E-state index contributed by atoms with van der Waals surface area (Å²) in [6.45, 7) is 6.71. The van der Waals surface area contributed by atoms with Gasteiger partial charge in [-0.3, -0.25) is 0 Å². The Morgan fingerprint density at radius 1 is 1.20 bits per heavy atom. The molecule has 0 fully saturated rings. The summed E-state index contributed by atoms with van der Waals surface area (Å²) in [6.07, 6.45) is 2.13. The second-order valence-corrected chi connectivity index (χ2v) is 5.51. The molecule has 112 valence electrons. The highest BCUT2D eigenvalue weighted by Gasteiger charge is 2.14. The van der Waals surface area contributed by atoms with Crippen LogP contribution in [0.2, 0.25) is 0 Å². The Bertz CT molecular complexity index is 422. The molecule has 0 radical (unpaired) electrons. The van der Waals surface area contributed by atoms with Crippen molar-refractivity contribution in [3.63, 3.8) is 0 Å². The van der Waals surface area contributed by atoms with Crippen LogP contribution in [-0.4, -0.2) is 31.5 Å². The van der Waals surface area contributed by atoms with Crippen LogP contribution in [0.1, 0.15) is 38.3 Å². The van der Waals surface area contributed by atoms with E-state index in [1.54, 1.807) is 0 Å². The van der Waals surface area contributed by atoms with Crippen LogP contribution >= 0.6 is 0 Å². The summed E-state index contributed by atoms with van der Waals surface area (Å²) in [5.41, 5.74) is 1.21. The molecule has 1 heterocycles. The van der Waals surface area contributed by atoms with E-state index in [0.29, 0.717) is 19.1 Å². The lowest BCUT2D eigenvalue weighted by atomic mass is 10.1. The smallest absolute Gasteiger partial charge is 0.161 e. The third kappa shape index (κ3) is 4.12. The van der Waals surface area contributed by atoms with Gasteiger partial charge in [0.25, 0.3) is 0 Å². The van der Waals surface area contributed by atoms with Gasteiger partial charge in [-0.1, -0.05) is 13.0 Å². The molecular weight excluding hydrogens is 254 g/mol. The van der Waals surface area contributed by atoms with Crippen LogP contribution in [0, 0.1) is 5.92 Å². The number of aliphatic hydroxyl groups is 1. The van der Waals surface area contributed by atoms with Crippen LogP contribution in [0.3, 0.4) is 0 Å². The third-order valence-corrected chi connectivity index (χ3v) is 3.70. The molecule has 0 saturated heterocycles. The van der Waals surface area contributed by atoms with Crippen LogP contribution in [0.15, 0.2) is 18.2 Å². The Hall–Kier alpha value is -1.26. The van der Waals surface area contributed by atoms with Crippen molar-refractivity contribution in [1.29, 1.82) is 0 Å². The molecule has 2 rings (SSSR count). The summed E-state index contributed by atoms with van der Waals surface area (Å²) in [5, 5.41) is 12.5. The highest BCUT2D eigenvalue weighted by molar-refractivity contribution is 5.44. The van der Waals surface area contributed by atoms with Crippen molar-refractivity contribution < 1.29 is 14.6 Å². The predicted octanol–water partition coefficient (Wildman–Crippen LogP) is 2.52. The van der Waals surface area contributed by atoms with Crippen molar-refractivity contribution >= 4 is 0 Å². The van der Waals surface area contributed by atoms with Gasteiger partial charge in [-0.05, 0) is 49.9 Å². The molecule has 1 aliphatic heterocycles. The van der Waals surface area contributed by atoms with Gasteiger partial charge in [0.2, 0.25) is 0 Å². The van der Waals surface area contributed by atoms with Crippen molar-refractivity contribution in [3.8, 4) is 11.5 Å². The number of nitrogens with one attached hydrogen (secondary N) is 1. The van der Waals surface area contributed by atoms with Crippen LogP contribution in [0.25, 0.3) is 0 Å². The van der Waals surface area contributed by atoms with E-state index in [1.807, 2.05) is 6.07 Å². The molecule has 20 heavy (non-hydrogen) atoms. The highest BCUT2D eigenvalue weighted by atomic mass is 16.6. The Kier molecular flexibility index (Phi) is 5.68. The summed E-state index contributed by atoms with van der Waals surface area (Å²) in [6, 6.07) is 6.41. The Morgan fingerprint density at radius 2 is 1.95 bits per heavy atom. The molecule has 0 spiro atoms. The second-order valence-electron chi connectivity index (χ2n) is 5.51. The van der Waals surface area contributed by atoms with Crippen LogP contribution in [0.5, 0.6) is 11.5 Å². The molecule has 1 aliphatic rings. The number of hydrogen-bond acceptors (Lipinski definition) is 4. The number of hydrogen-bond donors (Lipinski definition) is 2. The van der Waals surface area contributed by atoms with Gasteiger partial charge in [-0.25, -0.2) is 0 Å². The monoisotopic (exact) mass is 279 g/mol. The van der Waals surface area contributed by atoms with Crippen LogP contribution in [0.4, 0.5) is 0 Å². The molecule has 4 nitrogen and oxygen atoms in total. The largest absolute Gasteiger partial charge is 0.486 e. The van der Waals surface area contributed by atoms with Gasteiger partial charge >= 0.3 is 0 Å². The van der Waals surface area contributed by atoms with Crippen LogP contribution < -0.4 is 14.8 Å². The average molecular weight is 279 g/mol. The normalized spacial score (nSPS) is 16.8. The van der Waals surface area contributed by atoms with Crippen LogP contribution in [-0.2, 0) is 0 Å². The van der Waals surface area contributed by atoms with Gasteiger partial charge in [0.15, 0.2) is 11.5 Å². The van der Waals surface area contributed by atoms with Crippen molar-refractivity contribution in [1.82, 2.24) is 5.32 Å². The van der Waals surface area contributed by atoms with Gasteiger partial charge in [-0.15, -0.1) is 0 Å². The molecular formula is C16H25NO3. The minimum absolute atomic E-state index is 0.276. The molecule has 2 N–H and O–H groups in total. The van der Waals surface area contributed by atoms with E-state index in [0.717, 1.165) is 30.9 Å². The third-order valence-electron chi connectivity index (χ3n) is 3.70. The number of aliphatic hydroxyl groups excluding tert-OH is 1. The first-order valence-corrected chi connectivity index (χ1v) is 7.44. The molecule has 0 aromatic heterocycles. The van der Waals surface area contributed by atoms with Gasteiger partial charge in [0.05, 0.1) is 0 Å². The zero-order chi connectivity index (χ0) is 14.4. The Morgan fingerprint density at radius 3 is 2.70 bits per heavy atom. The van der Waals surface area contributed by atoms with Crippen molar-refractivity contribution in [3.05, 3.63) is 23.8 Å². The van der Waals surface area contributed by atoms with Crippen molar-refractivity contribution in [2.75, 3.05) is 26.4 Å². The fourth-order valence-corrected chi connectivity index (χ4v) is 2.31. The molecule has 2 unspecified atom stereocenters. The maximum Gasteiger partial charge on any atom is 0.161 e. The van der Waals surface area contributed by atoms with Gasteiger partial charge < -0.3 is 19.9 Å². The SMILES string of the molecule is CC(CO)CCCNC(C)c1ccc2c(c1)OCCO2. The first kappa shape index (κ1) is 15.1. The number of fused-ring (bicyclic) bond motifs is 1. The van der Waals surface area contributed by atoms with E-state index in [-0.39, 0.29) is 12.6 Å². The summed E-state index contributed by atoms with van der Waals surface area (Å²) >= 11 is 0. The van der Waals surface area contributed by atoms with Gasteiger partial charge in [0, 0.05) is 12.6 Å². The zero-order valence-electron chi connectivity index (χ0n) is 12.4. The summed E-state index contributed by atoms with van der Waals surface area (Å²) in [4.78, 5) is 0. The van der Waals surface area contributed by atoms with Gasteiger partial charge in [-0.2, -0.15) is 0 Å². The fourth-order valence-electron chi connectivity index (χ4n) is 2.31. The number of rotatable bonds is 7. The molecule has 2 atom stereocenters. The van der Waals surface area contributed by atoms with E-state index in [4.69, 9.17) is 14.6 Å². The summed E-state index contributed by atoms with van der Waals surface area (Å²) in [5.74, 6) is 2.07. The van der Waals surface area contributed by atoms with E-state index >= 15 is 0 Å². The predicted molar refractivity (Wildman–Crippen MR) is 79.3 cm³/mol. The van der Waals surface area contributed by atoms with Crippen molar-refractivity contribution in [2.45, 2.75) is 32.7 Å². The standard InChI is InChI=1S/C16H25NO3/c1-12(11-18)4-3-7-17-13(2)14-5-6-15-16(10-14)20-9-8-19-15/h5-6,10,12-13,17-18H,3-4,7-9,11H2,1-2H3. The van der Waals surface area contributed by atoms with E-state index in [2.05, 4.69) is 31.3 Å². The molecule has 0 bridgehead atoms. The lowest BCUT2D eigenvalue weighted by Gasteiger charge is -2.21. The maximum absolute atomic E-state index is 8.99. The highest BCUT2D eigenvalue weighted by Crippen LogP contribution is 2.32. The molecule has 0 amide bonds. The van der Waals surface area contributed by atoms with Crippen molar-refractivity contribution in [2.24, 2.45) is 5.92 Å². The summed E-state index contributed by atoms with van der Waals surface area (Å²) in [7, 11) is 0. The topological polar surface area (TPSA) is 50.7 Å². The zero-order valence-corrected chi connectivity index (χ0v) is 12.4.